The van der Waals surface area contributed by atoms with E-state index < -0.39 is 46.6 Å². The third-order valence-electron chi connectivity index (χ3n) is 8.44. The maximum Gasteiger partial charge on any atom is 0.420 e. The van der Waals surface area contributed by atoms with Crippen LogP contribution in [0.25, 0.3) is 0 Å². The number of carbonyl (C=O) groups excluding carboxylic acids is 2. The molecule has 4 aromatic rings. The van der Waals surface area contributed by atoms with Gasteiger partial charge in [-0.15, -0.1) is 0 Å². The molecule has 0 aliphatic heterocycles. The van der Waals surface area contributed by atoms with Crippen LogP contribution < -0.4 is 10.6 Å². The van der Waals surface area contributed by atoms with Crippen LogP contribution in [0, 0.1) is 5.92 Å². The first-order valence-corrected chi connectivity index (χ1v) is 17.6. The van der Waals surface area contributed by atoms with E-state index in [1.807, 2.05) is 74.5 Å². The molecule has 0 aromatic heterocycles. The summed E-state index contributed by atoms with van der Waals surface area (Å²) in [5, 5.41) is 20.0. The van der Waals surface area contributed by atoms with Crippen LogP contribution in [0.2, 0.25) is 0 Å². The Labute approximate surface area is 288 Å². The first-order chi connectivity index (χ1) is 23.5. The highest BCUT2D eigenvalue weighted by Gasteiger charge is 2.36. The molecule has 0 saturated carbocycles. The summed E-state index contributed by atoms with van der Waals surface area (Å²) in [5.74, 6) is -1.07. The van der Waals surface area contributed by atoms with Gasteiger partial charge in [-0.2, -0.15) is 4.31 Å². The van der Waals surface area contributed by atoms with Crippen LogP contribution in [0.3, 0.4) is 0 Å². The van der Waals surface area contributed by atoms with Crippen molar-refractivity contribution in [2.75, 3.05) is 25.2 Å². The SMILES string of the molecule is COC(=O)N(C(=O)[C@@H](N)C(c1ccccc1)c1ccccc1)c1cccc(C[C@@H](CO)N(CCC(C)C)S(=O)(=O)c2ccc(CO)cc2)c1. The molecule has 11 heteroatoms. The van der Waals surface area contributed by atoms with Crippen LogP contribution in [0.15, 0.2) is 114 Å². The Kier molecular flexibility index (Phi) is 13.2. The topological polar surface area (TPSA) is 150 Å². The molecule has 2 atom stereocenters. The highest BCUT2D eigenvalue weighted by molar-refractivity contribution is 7.89. The number of rotatable bonds is 15. The molecule has 0 aliphatic rings. The highest BCUT2D eigenvalue weighted by atomic mass is 32.2. The Hall–Kier alpha value is -4.39. The minimum Gasteiger partial charge on any atom is -0.452 e. The second-order valence-corrected chi connectivity index (χ2v) is 14.2. The summed E-state index contributed by atoms with van der Waals surface area (Å²) < 4.78 is 34.2. The van der Waals surface area contributed by atoms with E-state index in [1.54, 1.807) is 36.4 Å². The van der Waals surface area contributed by atoms with Crippen LogP contribution in [0.4, 0.5) is 10.5 Å². The van der Waals surface area contributed by atoms with Crippen molar-refractivity contribution in [1.82, 2.24) is 4.31 Å². The fourth-order valence-electron chi connectivity index (χ4n) is 5.77. The Morgan fingerprint density at radius 1 is 0.816 bits per heavy atom. The maximum atomic E-state index is 14.2. The molecule has 0 fully saturated rings. The number of benzene rings is 4. The minimum absolute atomic E-state index is 0.0449. The summed E-state index contributed by atoms with van der Waals surface area (Å²) in [4.78, 5) is 28.3. The molecule has 0 aliphatic carbocycles. The third kappa shape index (κ3) is 9.20. The van der Waals surface area contributed by atoms with Crippen LogP contribution >= 0.6 is 0 Å². The second kappa shape index (κ2) is 17.3. The van der Waals surface area contributed by atoms with Gasteiger partial charge in [0.1, 0.15) is 0 Å². The second-order valence-electron chi connectivity index (χ2n) is 12.3. The standard InChI is InChI=1S/C38H45N3O7S/c1-27(2)21-22-40(49(46,47)34-19-17-28(25-42)18-20-34)33(26-43)24-29-11-10-16-32(23-29)41(38(45)48-3)37(44)36(39)35(30-12-6-4-7-13-30)31-14-8-5-9-15-31/h4-20,23,27,33,35-36,42-43H,21-22,24-26,39H2,1-3H3/t33-,36-/m0/s1. The molecule has 10 nitrogen and oxygen atoms in total. The van der Waals surface area contributed by atoms with E-state index in [2.05, 4.69) is 0 Å². The van der Waals surface area contributed by atoms with Crippen molar-refractivity contribution in [2.45, 2.75) is 56.2 Å². The van der Waals surface area contributed by atoms with Gasteiger partial charge in [0, 0.05) is 12.5 Å². The largest absolute Gasteiger partial charge is 0.452 e. The van der Waals surface area contributed by atoms with Crippen LogP contribution in [0.1, 0.15) is 48.4 Å². The smallest absolute Gasteiger partial charge is 0.420 e. The Balaban J connectivity index is 1.68. The van der Waals surface area contributed by atoms with E-state index in [9.17, 15) is 28.2 Å². The monoisotopic (exact) mass is 687 g/mol. The van der Waals surface area contributed by atoms with Gasteiger partial charge in [0.15, 0.2) is 0 Å². The zero-order chi connectivity index (χ0) is 35.6. The lowest BCUT2D eigenvalue weighted by atomic mass is 9.84. The highest BCUT2D eigenvalue weighted by Crippen LogP contribution is 2.30. The number of aliphatic hydroxyl groups excluding tert-OH is 2. The summed E-state index contributed by atoms with van der Waals surface area (Å²) in [6.07, 6.45) is -0.289. The molecule has 0 bridgehead atoms. The van der Waals surface area contributed by atoms with Crippen molar-refractivity contribution in [3.05, 3.63) is 131 Å². The van der Waals surface area contributed by atoms with Crippen molar-refractivity contribution in [2.24, 2.45) is 11.7 Å². The van der Waals surface area contributed by atoms with Gasteiger partial charge in [-0.25, -0.2) is 18.1 Å². The fraction of sp³-hybridized carbons (Fsp3) is 0.316. The molecule has 49 heavy (non-hydrogen) atoms. The number of nitrogens with two attached hydrogens (primary N) is 1. The van der Waals surface area contributed by atoms with Crippen LogP contribution in [-0.4, -0.2) is 67.3 Å². The van der Waals surface area contributed by atoms with Gasteiger partial charge in [0.2, 0.25) is 10.0 Å². The molecule has 4 rings (SSSR count). The van der Waals surface area contributed by atoms with E-state index in [4.69, 9.17) is 10.5 Å². The number of hydrogen-bond acceptors (Lipinski definition) is 8. The minimum atomic E-state index is -4.05. The van der Waals surface area contributed by atoms with Crippen molar-refractivity contribution in [3.8, 4) is 0 Å². The molecule has 0 heterocycles. The Bertz CT molecular complexity index is 1730. The first kappa shape index (κ1) is 37.4. The van der Waals surface area contributed by atoms with Gasteiger partial charge in [-0.05, 0) is 65.3 Å². The fourth-order valence-corrected chi connectivity index (χ4v) is 7.40. The van der Waals surface area contributed by atoms with E-state index in [0.29, 0.717) is 17.5 Å². The molecule has 2 amide bonds. The van der Waals surface area contributed by atoms with Crippen LogP contribution in [0.5, 0.6) is 0 Å². The number of anilines is 1. The van der Waals surface area contributed by atoms with Crippen LogP contribution in [-0.2, 0) is 32.6 Å². The van der Waals surface area contributed by atoms with Crippen molar-refractivity contribution in [3.63, 3.8) is 0 Å². The summed E-state index contributed by atoms with van der Waals surface area (Å²) >= 11 is 0. The Morgan fingerprint density at radius 2 is 1.41 bits per heavy atom. The third-order valence-corrected chi connectivity index (χ3v) is 10.4. The van der Waals surface area contributed by atoms with Gasteiger partial charge in [0.05, 0.1) is 43.0 Å². The number of hydrogen-bond donors (Lipinski definition) is 3. The van der Waals surface area contributed by atoms with Gasteiger partial charge in [-0.1, -0.05) is 98.8 Å². The van der Waals surface area contributed by atoms with Crippen molar-refractivity contribution >= 4 is 27.7 Å². The predicted octanol–water partition coefficient (Wildman–Crippen LogP) is 5.08. The predicted molar refractivity (Wildman–Crippen MR) is 189 cm³/mol. The number of aliphatic hydroxyl groups is 2. The molecule has 260 valence electrons. The van der Waals surface area contributed by atoms with Gasteiger partial charge in [0.25, 0.3) is 5.91 Å². The summed E-state index contributed by atoms with van der Waals surface area (Å²) in [6, 6.07) is 29.2. The summed E-state index contributed by atoms with van der Waals surface area (Å²) in [7, 11) is -2.87. The normalized spacial score (nSPS) is 13.0. The maximum absolute atomic E-state index is 14.2. The van der Waals surface area contributed by atoms with Gasteiger partial charge in [-0.3, -0.25) is 4.79 Å². The average molecular weight is 688 g/mol. The van der Waals surface area contributed by atoms with Gasteiger partial charge < -0.3 is 20.7 Å². The van der Waals surface area contributed by atoms with Crippen molar-refractivity contribution in [1.29, 1.82) is 0 Å². The number of imide groups is 1. The zero-order valence-corrected chi connectivity index (χ0v) is 28.9. The number of sulfonamides is 1. The van der Waals surface area contributed by atoms with Gasteiger partial charge >= 0.3 is 6.09 Å². The van der Waals surface area contributed by atoms with E-state index >= 15 is 0 Å². The van der Waals surface area contributed by atoms with E-state index in [1.165, 1.54) is 23.5 Å². The summed E-state index contributed by atoms with van der Waals surface area (Å²) in [6.45, 7) is 3.44. The number of methoxy groups -OCH3 is 1. The number of amides is 2. The average Bonchev–Trinajstić information content (AvgIpc) is 3.12. The molecule has 0 unspecified atom stereocenters. The number of nitrogens with zero attached hydrogens (tertiary/aromatic N) is 2. The number of carbonyl (C=O) groups is 2. The Morgan fingerprint density at radius 3 is 1.92 bits per heavy atom. The van der Waals surface area contributed by atoms with E-state index in [0.717, 1.165) is 16.0 Å². The summed E-state index contributed by atoms with van der Waals surface area (Å²) in [5.41, 5.74) is 9.64. The molecule has 0 radical (unpaired) electrons. The first-order valence-electron chi connectivity index (χ1n) is 16.2. The lowest BCUT2D eigenvalue weighted by Gasteiger charge is -2.31. The molecule has 0 saturated heterocycles. The lowest BCUT2D eigenvalue weighted by Crippen LogP contribution is -2.50. The lowest BCUT2D eigenvalue weighted by molar-refractivity contribution is -0.119. The quantitative estimate of drug-likeness (QED) is 0.157. The molecule has 0 spiro atoms. The van der Waals surface area contributed by atoms with E-state index in [-0.39, 0.29) is 36.1 Å². The van der Waals surface area contributed by atoms with Crippen molar-refractivity contribution < 1.29 is 33.0 Å². The molecule has 4 aromatic carbocycles. The molecular formula is C38H45N3O7S. The number of ether oxygens (including phenoxy) is 1. The zero-order valence-electron chi connectivity index (χ0n) is 28.1. The molecule has 4 N–H and O–H groups in total. The molecular weight excluding hydrogens is 642 g/mol.